The topological polar surface area (TPSA) is 118 Å². The molecule has 0 aliphatic carbocycles. The van der Waals surface area contributed by atoms with Crippen molar-refractivity contribution in [2.75, 3.05) is 36.8 Å². The smallest absolute Gasteiger partial charge is 0.262 e. The molecule has 6 rings (SSSR count). The summed E-state index contributed by atoms with van der Waals surface area (Å²) in [5.41, 5.74) is 9.70. The van der Waals surface area contributed by atoms with Crippen molar-refractivity contribution in [2.24, 2.45) is 0 Å². The molecular formula is C30H25N5O4. The number of fused-ring (bicyclic) bond motifs is 1. The minimum absolute atomic E-state index is 0.00539. The highest BCUT2D eigenvalue weighted by atomic mass is 16.2. The molecule has 3 N–H and O–H groups in total. The minimum Gasteiger partial charge on any atom is -0.384 e. The molecule has 2 aliphatic rings. The number of hydrogen-bond acceptors (Lipinski definition) is 6. The first-order chi connectivity index (χ1) is 18.9. The van der Waals surface area contributed by atoms with Crippen LogP contribution in [0.15, 0.2) is 89.7 Å². The van der Waals surface area contributed by atoms with Gasteiger partial charge in [-0.15, -0.1) is 0 Å². The summed E-state index contributed by atoms with van der Waals surface area (Å²) in [7, 11) is 0. The summed E-state index contributed by atoms with van der Waals surface area (Å²) in [4.78, 5) is 54.3. The summed E-state index contributed by atoms with van der Waals surface area (Å²) >= 11 is 0. The molecule has 1 fully saturated rings. The van der Waals surface area contributed by atoms with Crippen LogP contribution < -0.4 is 21.5 Å². The van der Waals surface area contributed by atoms with Crippen LogP contribution >= 0.6 is 0 Å². The molecule has 0 radical (unpaired) electrons. The van der Waals surface area contributed by atoms with Gasteiger partial charge in [-0.3, -0.25) is 29.1 Å². The van der Waals surface area contributed by atoms with E-state index < -0.39 is 17.4 Å². The Bertz CT molecular complexity index is 1670. The Morgan fingerprint density at radius 2 is 1.36 bits per heavy atom. The molecule has 0 atom stereocenters. The van der Waals surface area contributed by atoms with Crippen molar-refractivity contribution >= 4 is 29.2 Å². The van der Waals surface area contributed by atoms with E-state index >= 15 is 0 Å². The molecule has 0 bridgehead atoms. The van der Waals surface area contributed by atoms with Crippen LogP contribution in [0.5, 0.6) is 0 Å². The summed E-state index contributed by atoms with van der Waals surface area (Å²) in [5, 5.41) is 2.17. The van der Waals surface area contributed by atoms with Crippen LogP contribution in [-0.2, 0) is 0 Å². The maximum Gasteiger partial charge on any atom is 0.262 e. The van der Waals surface area contributed by atoms with E-state index in [0.717, 1.165) is 22.9 Å². The molecule has 0 unspecified atom stereocenters. The predicted molar refractivity (Wildman–Crippen MR) is 148 cm³/mol. The lowest BCUT2D eigenvalue weighted by atomic mass is 9.98. The second-order valence-corrected chi connectivity index (χ2v) is 9.48. The quantitative estimate of drug-likeness (QED) is 0.401. The number of piperazine rings is 1. The number of aromatic nitrogens is 1. The number of carbonyl (C=O) groups is 3. The lowest BCUT2D eigenvalue weighted by Crippen LogP contribution is -2.48. The molecule has 194 valence electrons. The van der Waals surface area contributed by atoms with E-state index in [-0.39, 0.29) is 22.9 Å². The van der Waals surface area contributed by atoms with Gasteiger partial charge in [-0.25, -0.2) is 0 Å². The van der Waals surface area contributed by atoms with Crippen LogP contribution in [0.3, 0.4) is 0 Å². The van der Waals surface area contributed by atoms with Crippen molar-refractivity contribution in [2.45, 2.75) is 0 Å². The normalized spacial score (nSPS) is 14.8. The van der Waals surface area contributed by atoms with Crippen LogP contribution in [0.25, 0.3) is 16.8 Å². The van der Waals surface area contributed by atoms with Crippen molar-refractivity contribution in [3.05, 3.63) is 112 Å². The predicted octanol–water partition coefficient (Wildman–Crippen LogP) is 2.93. The fourth-order valence-corrected chi connectivity index (χ4v) is 5.24. The van der Waals surface area contributed by atoms with Gasteiger partial charge < -0.3 is 15.5 Å². The summed E-state index contributed by atoms with van der Waals surface area (Å²) in [6.45, 7) is 2.46. The number of pyridine rings is 1. The number of amides is 3. The number of hydrogen-bond donors (Lipinski definition) is 2. The highest BCUT2D eigenvalue weighted by Crippen LogP contribution is 2.27. The molecule has 4 aromatic rings. The molecule has 39 heavy (non-hydrogen) atoms. The van der Waals surface area contributed by atoms with Crippen LogP contribution in [0, 0.1) is 0 Å². The number of benzene rings is 3. The van der Waals surface area contributed by atoms with E-state index in [1.54, 1.807) is 12.1 Å². The Labute approximate surface area is 224 Å². The summed E-state index contributed by atoms with van der Waals surface area (Å²) in [6, 6.07) is 26.0. The van der Waals surface area contributed by atoms with Gasteiger partial charge in [0.2, 0.25) is 0 Å². The third-order valence-corrected chi connectivity index (χ3v) is 7.24. The standard InChI is InChI=1S/C30H25N5O4/c31-27-26-24(28(37)32-29(26)38)18-25(36)35(27)21-12-10-20(11-13-21)33-14-16-34(17-15-33)30(39)23-9-5-4-8-22(23)19-6-2-1-3-7-19/h1-13,18H,14-17,31H2,(H,32,37,38). The van der Waals surface area contributed by atoms with Crippen molar-refractivity contribution in [1.29, 1.82) is 0 Å². The van der Waals surface area contributed by atoms with Crippen LogP contribution in [-0.4, -0.2) is 53.4 Å². The maximum atomic E-state index is 13.4. The number of carbonyl (C=O) groups excluding carboxylic acids is 3. The largest absolute Gasteiger partial charge is 0.384 e. The maximum absolute atomic E-state index is 13.4. The summed E-state index contributed by atoms with van der Waals surface area (Å²) < 4.78 is 1.22. The SMILES string of the molecule is Nc1c2c(cc(=O)n1-c1ccc(N3CCN(C(=O)c4ccccc4-c4ccccc4)CC3)cc1)C(=O)NC2=O. The molecule has 1 aromatic heterocycles. The Hall–Kier alpha value is -5.18. The Balaban J connectivity index is 1.18. The molecule has 0 spiro atoms. The number of imide groups is 1. The molecule has 1 saturated heterocycles. The Morgan fingerprint density at radius 1 is 0.718 bits per heavy atom. The molecule has 3 aromatic carbocycles. The third kappa shape index (κ3) is 4.23. The third-order valence-electron chi connectivity index (χ3n) is 7.24. The van der Waals surface area contributed by atoms with Gasteiger partial charge in [-0.1, -0.05) is 48.5 Å². The van der Waals surface area contributed by atoms with Gasteiger partial charge in [0.25, 0.3) is 23.3 Å². The summed E-state index contributed by atoms with van der Waals surface area (Å²) in [5.74, 6) is -1.30. The Morgan fingerprint density at radius 3 is 2.08 bits per heavy atom. The molecule has 3 heterocycles. The first kappa shape index (κ1) is 24.2. The number of nitrogens with one attached hydrogen (secondary N) is 1. The van der Waals surface area contributed by atoms with E-state index in [2.05, 4.69) is 10.2 Å². The summed E-state index contributed by atoms with van der Waals surface area (Å²) in [6.07, 6.45) is 0. The first-order valence-corrected chi connectivity index (χ1v) is 12.6. The van der Waals surface area contributed by atoms with Gasteiger partial charge in [0.15, 0.2) is 0 Å². The van der Waals surface area contributed by atoms with E-state index in [9.17, 15) is 19.2 Å². The number of anilines is 2. The molecule has 0 saturated carbocycles. The van der Waals surface area contributed by atoms with Gasteiger partial charge in [0.05, 0.1) is 16.8 Å². The number of nitrogens with two attached hydrogens (primary N) is 1. The zero-order chi connectivity index (χ0) is 27.1. The van der Waals surface area contributed by atoms with E-state index in [1.165, 1.54) is 4.57 Å². The average molecular weight is 520 g/mol. The molecule has 9 heteroatoms. The van der Waals surface area contributed by atoms with Crippen LogP contribution in [0.4, 0.5) is 11.5 Å². The zero-order valence-electron chi connectivity index (χ0n) is 21.0. The number of nitrogens with zero attached hydrogens (tertiary/aromatic N) is 3. The first-order valence-electron chi connectivity index (χ1n) is 12.6. The average Bonchev–Trinajstić information content (AvgIpc) is 3.26. The zero-order valence-corrected chi connectivity index (χ0v) is 21.0. The van der Waals surface area contributed by atoms with Gasteiger partial charge in [-0.2, -0.15) is 0 Å². The molecule has 9 nitrogen and oxygen atoms in total. The fraction of sp³-hybridized carbons (Fsp3) is 0.133. The highest BCUT2D eigenvalue weighted by molar-refractivity contribution is 6.23. The van der Waals surface area contributed by atoms with Gasteiger partial charge in [0, 0.05) is 43.5 Å². The van der Waals surface area contributed by atoms with Crippen molar-refractivity contribution in [1.82, 2.24) is 14.8 Å². The van der Waals surface area contributed by atoms with Gasteiger partial charge >= 0.3 is 0 Å². The van der Waals surface area contributed by atoms with Crippen LogP contribution in [0.1, 0.15) is 31.1 Å². The lowest BCUT2D eigenvalue weighted by Gasteiger charge is -2.36. The number of rotatable bonds is 4. The molecular weight excluding hydrogens is 494 g/mol. The number of nitrogen functional groups attached to an aromatic ring is 1. The van der Waals surface area contributed by atoms with E-state index in [1.807, 2.05) is 71.6 Å². The second kappa shape index (κ2) is 9.60. The highest BCUT2D eigenvalue weighted by Gasteiger charge is 2.32. The van der Waals surface area contributed by atoms with Crippen LogP contribution in [0.2, 0.25) is 0 Å². The molecule has 2 aliphatic heterocycles. The monoisotopic (exact) mass is 519 g/mol. The van der Waals surface area contributed by atoms with E-state index in [4.69, 9.17) is 5.73 Å². The van der Waals surface area contributed by atoms with E-state index in [0.29, 0.717) is 37.4 Å². The van der Waals surface area contributed by atoms with Crippen molar-refractivity contribution in [3.8, 4) is 16.8 Å². The van der Waals surface area contributed by atoms with Crippen molar-refractivity contribution < 1.29 is 14.4 Å². The molecule has 3 amide bonds. The van der Waals surface area contributed by atoms with Gasteiger partial charge in [-0.05, 0) is 41.5 Å². The minimum atomic E-state index is -0.623. The van der Waals surface area contributed by atoms with Gasteiger partial charge in [0.1, 0.15) is 5.82 Å². The second-order valence-electron chi connectivity index (χ2n) is 9.48. The van der Waals surface area contributed by atoms with Crippen molar-refractivity contribution in [3.63, 3.8) is 0 Å². The fourth-order valence-electron chi connectivity index (χ4n) is 5.24. The Kier molecular flexibility index (Phi) is 5.95. The lowest BCUT2D eigenvalue weighted by molar-refractivity contribution is 0.0746.